The van der Waals surface area contributed by atoms with E-state index in [1.165, 1.54) is 0 Å². The van der Waals surface area contributed by atoms with Crippen molar-refractivity contribution in [2.24, 2.45) is 10.1 Å². The zero-order chi connectivity index (χ0) is 25.3. The van der Waals surface area contributed by atoms with Gasteiger partial charge >= 0.3 is 0 Å². The van der Waals surface area contributed by atoms with E-state index in [2.05, 4.69) is 27.5 Å². The van der Waals surface area contributed by atoms with Gasteiger partial charge in [0.1, 0.15) is 5.75 Å². The summed E-state index contributed by atoms with van der Waals surface area (Å²) in [4.78, 5) is 21.2. The fraction of sp³-hybridized carbons (Fsp3) is 0.360. The van der Waals surface area contributed by atoms with E-state index in [9.17, 15) is 4.79 Å². The maximum absolute atomic E-state index is 13.5. The van der Waals surface area contributed by atoms with Crippen LogP contribution in [0.3, 0.4) is 0 Å². The monoisotopic (exact) mass is 478 g/mol. The molecule has 0 saturated heterocycles. The minimum absolute atomic E-state index is 0.00203. The molecule has 0 unspecified atom stereocenters. The highest BCUT2D eigenvalue weighted by Gasteiger charge is 2.53. The molecule has 0 spiro atoms. The number of aliphatic imine (C=N–C) groups is 1. The van der Waals surface area contributed by atoms with E-state index in [0.29, 0.717) is 35.6 Å². The Kier molecular flexibility index (Phi) is 8.86. The van der Waals surface area contributed by atoms with Crippen molar-refractivity contribution >= 4 is 17.5 Å². The Morgan fingerprint density at radius 3 is 2.74 bits per heavy atom. The Hall–Kier alpha value is -3.85. The molecule has 0 aliphatic carbocycles. The molecule has 1 aliphatic heterocycles. The fourth-order valence-corrected chi connectivity index (χ4v) is 3.68. The van der Waals surface area contributed by atoms with Crippen LogP contribution in [0, 0.1) is 0 Å². The number of hydrogen-bond acceptors (Lipinski definition) is 7. The Morgan fingerprint density at radius 1 is 1.34 bits per heavy atom. The molecular formula is C25H30N6O4. The third kappa shape index (κ3) is 5.99. The number of ether oxygens (including phenoxy) is 2. The Morgan fingerprint density at radius 2 is 2.09 bits per heavy atom. The number of hydrazine groups is 1. The van der Waals surface area contributed by atoms with E-state index in [4.69, 9.17) is 25.1 Å². The number of hydrogen-bond donors (Lipinski definition) is 3. The highest BCUT2D eigenvalue weighted by Crippen LogP contribution is 2.45. The third-order valence-corrected chi connectivity index (χ3v) is 5.33. The second-order valence-electron chi connectivity index (χ2n) is 8.28. The molecule has 2 aromatic carbocycles. The van der Waals surface area contributed by atoms with Gasteiger partial charge in [-0.1, -0.05) is 35.5 Å². The first-order chi connectivity index (χ1) is 16.9. The molecule has 1 aliphatic rings. The van der Waals surface area contributed by atoms with E-state index in [0.717, 1.165) is 0 Å². The smallest absolute Gasteiger partial charge is 0.266 e. The molecule has 1 amide bonds. The summed E-state index contributed by atoms with van der Waals surface area (Å²) >= 11 is 0. The predicted molar refractivity (Wildman–Crippen MR) is 133 cm³/mol. The van der Waals surface area contributed by atoms with Crippen molar-refractivity contribution in [3.63, 3.8) is 0 Å². The van der Waals surface area contributed by atoms with Gasteiger partial charge in [-0.2, -0.15) is 0 Å². The second kappa shape index (κ2) is 12.0. The van der Waals surface area contributed by atoms with Crippen molar-refractivity contribution in [1.82, 2.24) is 10.9 Å². The second-order valence-corrected chi connectivity index (χ2v) is 8.28. The standard InChI is InChI=1S/C25H30N6O4/c1-4-14-25(24(33)30-28-17(2)3)22(20-8-5-6-9-21(20)29-31-26)35-23(27-25)18-10-12-19(13-11-18)34-16-7-15-32/h4-6,8-13,17,22,28,32H,1,7,14-16H2,2-3H3,(H,30,33)/t22-,25-/m0/s1. The summed E-state index contributed by atoms with van der Waals surface area (Å²) in [6.45, 7) is 8.10. The average Bonchev–Trinajstić information content (AvgIpc) is 3.24. The van der Waals surface area contributed by atoms with Crippen molar-refractivity contribution in [3.8, 4) is 5.75 Å². The number of benzene rings is 2. The molecule has 2 aromatic rings. The molecule has 184 valence electrons. The fourth-order valence-electron chi connectivity index (χ4n) is 3.68. The molecule has 0 radical (unpaired) electrons. The molecule has 3 N–H and O–H groups in total. The van der Waals surface area contributed by atoms with Gasteiger partial charge in [-0.25, -0.2) is 10.4 Å². The van der Waals surface area contributed by atoms with Crippen LogP contribution in [0.15, 0.2) is 71.3 Å². The van der Waals surface area contributed by atoms with Gasteiger partial charge < -0.3 is 14.6 Å². The SMILES string of the molecule is C=CC[C@]1(C(=O)NNC(C)C)N=C(c2ccc(OCCCO)cc2)O[C@H]1c1ccccc1N=[N+]=[N-]. The van der Waals surface area contributed by atoms with Crippen LogP contribution < -0.4 is 15.6 Å². The van der Waals surface area contributed by atoms with Crippen LogP contribution in [0.5, 0.6) is 5.75 Å². The van der Waals surface area contributed by atoms with Crippen LogP contribution in [0.1, 0.15) is 43.9 Å². The molecule has 0 saturated carbocycles. The number of aliphatic hydroxyl groups is 1. The van der Waals surface area contributed by atoms with Gasteiger partial charge in [0.15, 0.2) is 11.6 Å². The Labute approximate surface area is 204 Å². The highest BCUT2D eigenvalue weighted by atomic mass is 16.5. The number of amides is 1. The van der Waals surface area contributed by atoms with Crippen LogP contribution in [0.2, 0.25) is 0 Å². The quantitative estimate of drug-likeness (QED) is 0.104. The average molecular weight is 479 g/mol. The lowest BCUT2D eigenvalue weighted by Crippen LogP contribution is -2.54. The number of nitrogens with one attached hydrogen (secondary N) is 2. The number of azide groups is 1. The molecule has 0 fully saturated rings. The summed E-state index contributed by atoms with van der Waals surface area (Å²) in [5.74, 6) is 0.516. The van der Waals surface area contributed by atoms with Crippen molar-refractivity contribution in [1.29, 1.82) is 0 Å². The molecule has 0 bridgehead atoms. The van der Waals surface area contributed by atoms with Crippen LogP contribution >= 0.6 is 0 Å². The Balaban J connectivity index is 2.04. The van der Waals surface area contributed by atoms with Crippen molar-refractivity contribution in [3.05, 3.63) is 82.8 Å². The molecule has 35 heavy (non-hydrogen) atoms. The molecule has 3 rings (SSSR count). The van der Waals surface area contributed by atoms with Gasteiger partial charge in [0, 0.05) is 47.2 Å². The van der Waals surface area contributed by atoms with E-state index in [1.807, 2.05) is 13.8 Å². The molecule has 1 heterocycles. The zero-order valence-electron chi connectivity index (χ0n) is 19.8. The minimum Gasteiger partial charge on any atom is -0.494 e. The van der Waals surface area contributed by atoms with Crippen molar-refractivity contribution in [2.75, 3.05) is 13.2 Å². The zero-order valence-corrected chi connectivity index (χ0v) is 19.8. The van der Waals surface area contributed by atoms with Gasteiger partial charge in [0.25, 0.3) is 5.91 Å². The molecule has 10 heteroatoms. The lowest BCUT2D eigenvalue weighted by molar-refractivity contribution is -0.130. The Bertz CT molecular complexity index is 1110. The van der Waals surface area contributed by atoms with Crippen LogP contribution in [-0.2, 0) is 9.53 Å². The van der Waals surface area contributed by atoms with Gasteiger partial charge in [-0.05, 0) is 43.6 Å². The van der Waals surface area contributed by atoms with Crippen LogP contribution in [0.4, 0.5) is 5.69 Å². The lowest BCUT2D eigenvalue weighted by atomic mass is 9.84. The van der Waals surface area contributed by atoms with E-state index >= 15 is 0 Å². The highest BCUT2D eigenvalue weighted by molar-refractivity contribution is 6.01. The van der Waals surface area contributed by atoms with Crippen molar-refractivity contribution < 1.29 is 19.4 Å². The minimum atomic E-state index is -1.39. The summed E-state index contributed by atoms with van der Waals surface area (Å²) in [7, 11) is 0. The van der Waals surface area contributed by atoms with Gasteiger partial charge in [0.2, 0.25) is 5.90 Å². The number of aliphatic hydroxyl groups excluding tert-OH is 1. The summed E-state index contributed by atoms with van der Waals surface area (Å²) < 4.78 is 11.9. The van der Waals surface area contributed by atoms with E-state index < -0.39 is 17.6 Å². The number of rotatable bonds is 12. The number of nitrogens with zero attached hydrogens (tertiary/aromatic N) is 4. The maximum atomic E-state index is 13.5. The van der Waals surface area contributed by atoms with E-state index in [1.54, 1.807) is 54.6 Å². The maximum Gasteiger partial charge on any atom is 0.266 e. The first kappa shape index (κ1) is 25.8. The lowest BCUT2D eigenvalue weighted by Gasteiger charge is -2.30. The summed E-state index contributed by atoms with van der Waals surface area (Å²) in [5.41, 5.74) is 14.9. The summed E-state index contributed by atoms with van der Waals surface area (Å²) in [5, 5.41) is 12.7. The third-order valence-electron chi connectivity index (χ3n) is 5.33. The number of carbonyl (C=O) groups is 1. The van der Waals surface area contributed by atoms with Gasteiger partial charge in [0.05, 0.1) is 6.61 Å². The largest absolute Gasteiger partial charge is 0.494 e. The predicted octanol–water partition coefficient (Wildman–Crippen LogP) is 4.25. The van der Waals surface area contributed by atoms with E-state index in [-0.39, 0.29) is 25.0 Å². The van der Waals surface area contributed by atoms with Crippen molar-refractivity contribution in [2.45, 2.75) is 44.4 Å². The molecular weight excluding hydrogens is 448 g/mol. The van der Waals surface area contributed by atoms with Crippen LogP contribution in [-0.4, -0.2) is 41.7 Å². The molecule has 2 atom stereocenters. The van der Waals surface area contributed by atoms with Gasteiger partial charge in [-0.15, -0.1) is 6.58 Å². The molecule has 10 nitrogen and oxygen atoms in total. The topological polar surface area (TPSA) is 141 Å². The summed E-state index contributed by atoms with van der Waals surface area (Å²) in [6, 6.07) is 14.1. The van der Waals surface area contributed by atoms with Crippen LogP contribution in [0.25, 0.3) is 10.4 Å². The van der Waals surface area contributed by atoms with Gasteiger partial charge in [-0.3, -0.25) is 10.2 Å². The first-order valence-electron chi connectivity index (χ1n) is 11.4. The first-order valence-corrected chi connectivity index (χ1v) is 11.4. The normalized spacial score (nSPS) is 18.9. The number of carbonyl (C=O) groups excluding carboxylic acids is 1. The summed E-state index contributed by atoms with van der Waals surface area (Å²) in [6.07, 6.45) is 1.46. The molecule has 0 aromatic heterocycles.